The van der Waals surface area contributed by atoms with Crippen LogP contribution in [0, 0.1) is 0 Å². The molecule has 15 heavy (non-hydrogen) atoms. The maximum atomic E-state index is 9.05. The summed E-state index contributed by atoms with van der Waals surface area (Å²) in [6.45, 7) is 2.35. The molecule has 5 heteroatoms. The van der Waals surface area contributed by atoms with Crippen molar-refractivity contribution in [1.82, 2.24) is 15.1 Å². The number of aliphatic hydroxyl groups is 2. The van der Waals surface area contributed by atoms with Gasteiger partial charge < -0.3 is 15.5 Å². The Morgan fingerprint density at radius 1 is 1.47 bits per heavy atom. The standard InChI is InChI=1S/C10H19N3O2/c1-10(7-14,8-15)11-4-3-9-5-12-13(2)6-9/h5-6,11,14-15H,3-4,7-8H2,1-2H3. The minimum atomic E-state index is -0.595. The third-order valence-electron chi connectivity index (χ3n) is 2.42. The predicted molar refractivity (Wildman–Crippen MR) is 57.5 cm³/mol. The van der Waals surface area contributed by atoms with Crippen LogP contribution in [-0.2, 0) is 13.5 Å². The van der Waals surface area contributed by atoms with Gasteiger partial charge in [0.2, 0.25) is 0 Å². The van der Waals surface area contributed by atoms with Crippen LogP contribution >= 0.6 is 0 Å². The van der Waals surface area contributed by atoms with E-state index >= 15 is 0 Å². The van der Waals surface area contributed by atoms with Crippen molar-refractivity contribution in [3.8, 4) is 0 Å². The van der Waals surface area contributed by atoms with E-state index < -0.39 is 5.54 Å². The lowest BCUT2D eigenvalue weighted by Crippen LogP contribution is -2.49. The first-order chi connectivity index (χ1) is 7.09. The second-order valence-corrected chi connectivity index (χ2v) is 4.08. The predicted octanol–water partition coefficient (Wildman–Crippen LogP) is -0.704. The number of hydrogen-bond donors (Lipinski definition) is 3. The first-order valence-corrected chi connectivity index (χ1v) is 5.04. The lowest BCUT2D eigenvalue weighted by molar-refractivity contribution is 0.105. The monoisotopic (exact) mass is 213 g/mol. The van der Waals surface area contributed by atoms with E-state index in [0.717, 1.165) is 12.0 Å². The third kappa shape index (κ3) is 3.62. The molecule has 1 rings (SSSR count). The summed E-state index contributed by atoms with van der Waals surface area (Å²) >= 11 is 0. The molecule has 0 spiro atoms. The quantitative estimate of drug-likeness (QED) is 0.584. The molecule has 0 bridgehead atoms. The number of hydrogen-bond acceptors (Lipinski definition) is 4. The molecule has 3 N–H and O–H groups in total. The topological polar surface area (TPSA) is 70.3 Å². The highest BCUT2D eigenvalue weighted by Crippen LogP contribution is 2.02. The van der Waals surface area contributed by atoms with Crippen LogP contribution < -0.4 is 5.32 Å². The van der Waals surface area contributed by atoms with E-state index in [1.807, 2.05) is 19.4 Å². The van der Waals surface area contributed by atoms with Crippen LogP contribution in [0.1, 0.15) is 12.5 Å². The molecule has 0 amide bonds. The lowest BCUT2D eigenvalue weighted by Gasteiger charge is -2.26. The molecule has 0 radical (unpaired) electrons. The summed E-state index contributed by atoms with van der Waals surface area (Å²) in [5, 5.41) is 25.3. The molecule has 0 saturated carbocycles. The fourth-order valence-electron chi connectivity index (χ4n) is 1.27. The maximum Gasteiger partial charge on any atom is 0.0633 e. The van der Waals surface area contributed by atoms with Crippen molar-refractivity contribution in [3.63, 3.8) is 0 Å². The van der Waals surface area contributed by atoms with Gasteiger partial charge in [-0.15, -0.1) is 0 Å². The van der Waals surface area contributed by atoms with E-state index in [4.69, 9.17) is 10.2 Å². The molecule has 1 aromatic rings. The van der Waals surface area contributed by atoms with Crippen molar-refractivity contribution >= 4 is 0 Å². The van der Waals surface area contributed by atoms with Gasteiger partial charge in [-0.05, 0) is 25.5 Å². The van der Waals surface area contributed by atoms with Crippen LogP contribution in [0.25, 0.3) is 0 Å². The van der Waals surface area contributed by atoms with Crippen LogP contribution in [0.5, 0.6) is 0 Å². The Morgan fingerprint density at radius 2 is 2.13 bits per heavy atom. The Hall–Kier alpha value is -0.910. The summed E-state index contributed by atoms with van der Waals surface area (Å²) in [7, 11) is 1.88. The van der Waals surface area contributed by atoms with Gasteiger partial charge >= 0.3 is 0 Å². The molecule has 0 aliphatic rings. The zero-order valence-corrected chi connectivity index (χ0v) is 9.27. The molecular formula is C10H19N3O2. The van der Waals surface area contributed by atoms with Gasteiger partial charge in [-0.3, -0.25) is 4.68 Å². The second kappa shape index (κ2) is 5.25. The van der Waals surface area contributed by atoms with Gasteiger partial charge in [-0.2, -0.15) is 5.10 Å². The number of aryl methyl sites for hydroxylation is 1. The average Bonchev–Trinajstić information content (AvgIpc) is 2.64. The van der Waals surface area contributed by atoms with Crippen molar-refractivity contribution in [3.05, 3.63) is 18.0 Å². The SMILES string of the molecule is Cn1cc(CCNC(C)(CO)CO)cn1. The van der Waals surface area contributed by atoms with Crippen LogP contribution in [-0.4, -0.2) is 45.3 Å². The molecule has 86 valence electrons. The lowest BCUT2D eigenvalue weighted by atomic mass is 10.1. The molecule has 0 aliphatic heterocycles. The van der Waals surface area contributed by atoms with E-state index in [9.17, 15) is 0 Å². The second-order valence-electron chi connectivity index (χ2n) is 4.08. The number of nitrogens with zero attached hydrogens (tertiary/aromatic N) is 2. The molecule has 1 heterocycles. The summed E-state index contributed by atoms with van der Waals surface area (Å²) in [6.07, 6.45) is 4.61. The normalized spacial score (nSPS) is 12.0. The van der Waals surface area contributed by atoms with Crippen LogP contribution in [0.4, 0.5) is 0 Å². The Balaban J connectivity index is 2.32. The van der Waals surface area contributed by atoms with Crippen LogP contribution in [0.15, 0.2) is 12.4 Å². The zero-order valence-electron chi connectivity index (χ0n) is 9.27. The molecule has 0 aliphatic carbocycles. The average molecular weight is 213 g/mol. The molecule has 0 unspecified atom stereocenters. The van der Waals surface area contributed by atoms with Crippen LogP contribution in [0.3, 0.4) is 0 Å². The van der Waals surface area contributed by atoms with Gasteiger partial charge in [-0.1, -0.05) is 0 Å². The molecular weight excluding hydrogens is 194 g/mol. The van der Waals surface area contributed by atoms with Crippen molar-refractivity contribution in [2.75, 3.05) is 19.8 Å². The smallest absolute Gasteiger partial charge is 0.0633 e. The zero-order chi connectivity index (χ0) is 11.3. The van der Waals surface area contributed by atoms with Gasteiger partial charge in [0.25, 0.3) is 0 Å². The number of rotatable bonds is 6. The Labute approximate surface area is 89.7 Å². The Morgan fingerprint density at radius 3 is 2.60 bits per heavy atom. The van der Waals surface area contributed by atoms with Gasteiger partial charge in [0.15, 0.2) is 0 Å². The van der Waals surface area contributed by atoms with Crippen molar-refractivity contribution in [2.24, 2.45) is 7.05 Å². The summed E-state index contributed by atoms with van der Waals surface area (Å²) < 4.78 is 1.76. The van der Waals surface area contributed by atoms with Crippen molar-refractivity contribution in [1.29, 1.82) is 0 Å². The van der Waals surface area contributed by atoms with E-state index in [1.165, 1.54) is 0 Å². The number of nitrogens with one attached hydrogen (secondary N) is 1. The fraction of sp³-hybridized carbons (Fsp3) is 0.700. The number of aromatic nitrogens is 2. The third-order valence-corrected chi connectivity index (χ3v) is 2.42. The molecule has 5 nitrogen and oxygen atoms in total. The van der Waals surface area contributed by atoms with E-state index in [2.05, 4.69) is 10.4 Å². The molecule has 1 aromatic heterocycles. The van der Waals surface area contributed by atoms with E-state index in [0.29, 0.717) is 6.54 Å². The highest BCUT2D eigenvalue weighted by Gasteiger charge is 2.20. The molecule has 0 fully saturated rings. The Bertz CT molecular complexity index is 295. The Kier molecular flexibility index (Phi) is 4.26. The van der Waals surface area contributed by atoms with Crippen molar-refractivity contribution in [2.45, 2.75) is 18.9 Å². The maximum absolute atomic E-state index is 9.05. The van der Waals surface area contributed by atoms with Crippen molar-refractivity contribution < 1.29 is 10.2 Å². The van der Waals surface area contributed by atoms with Gasteiger partial charge in [-0.25, -0.2) is 0 Å². The summed E-state index contributed by atoms with van der Waals surface area (Å²) in [6, 6.07) is 0. The fourth-order valence-corrected chi connectivity index (χ4v) is 1.27. The first-order valence-electron chi connectivity index (χ1n) is 5.04. The largest absolute Gasteiger partial charge is 0.394 e. The molecule has 0 saturated heterocycles. The van der Waals surface area contributed by atoms with E-state index in [-0.39, 0.29) is 13.2 Å². The summed E-state index contributed by atoms with van der Waals surface area (Å²) in [4.78, 5) is 0. The summed E-state index contributed by atoms with van der Waals surface area (Å²) in [5.74, 6) is 0. The van der Waals surface area contributed by atoms with Gasteiger partial charge in [0.05, 0.1) is 24.9 Å². The van der Waals surface area contributed by atoms with Crippen LogP contribution in [0.2, 0.25) is 0 Å². The highest BCUT2D eigenvalue weighted by molar-refractivity contribution is 5.04. The minimum Gasteiger partial charge on any atom is -0.394 e. The number of aliphatic hydroxyl groups excluding tert-OH is 2. The minimum absolute atomic E-state index is 0.0729. The van der Waals surface area contributed by atoms with Gasteiger partial charge in [0.1, 0.15) is 0 Å². The summed E-state index contributed by atoms with van der Waals surface area (Å²) in [5.41, 5.74) is 0.547. The first kappa shape index (κ1) is 12.2. The van der Waals surface area contributed by atoms with E-state index in [1.54, 1.807) is 11.6 Å². The van der Waals surface area contributed by atoms with Gasteiger partial charge in [0, 0.05) is 13.2 Å². The molecule has 0 atom stereocenters. The molecule has 0 aromatic carbocycles. The highest BCUT2D eigenvalue weighted by atomic mass is 16.3.